The Morgan fingerprint density at radius 1 is 0.968 bits per heavy atom. The first kappa shape index (κ1) is 21.2. The van der Waals surface area contributed by atoms with E-state index in [-0.39, 0.29) is 16.9 Å². The van der Waals surface area contributed by atoms with E-state index in [0.717, 1.165) is 36.1 Å². The van der Waals surface area contributed by atoms with Crippen molar-refractivity contribution in [2.24, 2.45) is 0 Å². The zero-order chi connectivity index (χ0) is 22.0. The molecule has 3 heterocycles. The first-order chi connectivity index (χ1) is 14.8. The minimum absolute atomic E-state index is 0.0211. The van der Waals surface area contributed by atoms with Gasteiger partial charge in [-0.3, -0.25) is 19.5 Å². The van der Waals surface area contributed by atoms with Gasteiger partial charge in [0.1, 0.15) is 5.69 Å². The van der Waals surface area contributed by atoms with Crippen molar-refractivity contribution in [1.29, 1.82) is 0 Å². The summed E-state index contributed by atoms with van der Waals surface area (Å²) >= 11 is 0. The molecule has 0 radical (unpaired) electrons. The number of hydrogen-bond donors (Lipinski definition) is 0. The van der Waals surface area contributed by atoms with Crippen LogP contribution in [0.5, 0.6) is 0 Å². The van der Waals surface area contributed by atoms with Crippen molar-refractivity contribution < 1.29 is 4.79 Å². The van der Waals surface area contributed by atoms with Crippen LogP contribution in [0.1, 0.15) is 37.0 Å². The highest BCUT2D eigenvalue weighted by Gasteiger charge is 2.24. The number of hydrogen-bond acceptors (Lipinski definition) is 5. The Morgan fingerprint density at radius 3 is 2.45 bits per heavy atom. The van der Waals surface area contributed by atoms with Gasteiger partial charge in [0, 0.05) is 55.8 Å². The second kappa shape index (κ2) is 8.59. The van der Waals surface area contributed by atoms with E-state index in [1.807, 2.05) is 41.3 Å². The van der Waals surface area contributed by atoms with Crippen molar-refractivity contribution >= 4 is 16.7 Å². The lowest BCUT2D eigenvalue weighted by Crippen LogP contribution is -2.49. The molecule has 1 saturated heterocycles. The Balaban J connectivity index is 1.37. The fourth-order valence-electron chi connectivity index (χ4n) is 3.86. The van der Waals surface area contributed by atoms with Crippen molar-refractivity contribution in [3.8, 4) is 0 Å². The molecule has 7 heteroatoms. The summed E-state index contributed by atoms with van der Waals surface area (Å²) in [5, 5.41) is 6.46. The van der Waals surface area contributed by atoms with Crippen molar-refractivity contribution in [3.05, 3.63) is 70.4 Å². The standard InChI is InChI=1S/C24H29N5O2/c1-24(2,3)20-8-9-21(30)29(26-20)17-14-27-12-15-28(16-13-27)23(31)22-19-7-5-4-6-18(19)10-11-25-22/h4-11H,12-17H2,1-3H3. The zero-order valence-electron chi connectivity index (χ0n) is 18.4. The molecule has 0 N–H and O–H groups in total. The number of carbonyl (C=O) groups is 1. The van der Waals surface area contributed by atoms with E-state index in [1.165, 1.54) is 0 Å². The van der Waals surface area contributed by atoms with Gasteiger partial charge in [0.25, 0.3) is 11.5 Å². The number of fused-ring (bicyclic) bond motifs is 1. The van der Waals surface area contributed by atoms with E-state index in [0.29, 0.717) is 25.3 Å². The Kier molecular flexibility index (Phi) is 5.87. The molecule has 1 amide bonds. The summed E-state index contributed by atoms with van der Waals surface area (Å²) in [4.78, 5) is 33.8. The van der Waals surface area contributed by atoms with E-state index in [4.69, 9.17) is 0 Å². The van der Waals surface area contributed by atoms with Crippen LogP contribution in [-0.2, 0) is 12.0 Å². The first-order valence-corrected chi connectivity index (χ1v) is 10.8. The monoisotopic (exact) mass is 419 g/mol. The molecule has 1 fully saturated rings. The molecule has 4 rings (SSSR count). The van der Waals surface area contributed by atoms with Crippen LogP contribution in [0.25, 0.3) is 10.8 Å². The molecule has 0 aliphatic carbocycles. The van der Waals surface area contributed by atoms with Gasteiger partial charge in [-0.2, -0.15) is 5.10 Å². The van der Waals surface area contributed by atoms with E-state index in [1.54, 1.807) is 16.9 Å². The Labute approximate surface area is 182 Å². The molecule has 0 bridgehead atoms. The van der Waals surface area contributed by atoms with Gasteiger partial charge in [0.05, 0.1) is 12.2 Å². The number of piperazine rings is 1. The minimum Gasteiger partial charge on any atom is -0.335 e. The fraction of sp³-hybridized carbons (Fsp3) is 0.417. The van der Waals surface area contributed by atoms with Gasteiger partial charge in [-0.05, 0) is 17.5 Å². The molecule has 2 aromatic heterocycles. The minimum atomic E-state index is -0.100. The van der Waals surface area contributed by atoms with Gasteiger partial charge in [-0.25, -0.2) is 4.68 Å². The average molecular weight is 420 g/mol. The lowest BCUT2D eigenvalue weighted by Gasteiger charge is -2.34. The quantitative estimate of drug-likeness (QED) is 0.650. The van der Waals surface area contributed by atoms with Crippen LogP contribution >= 0.6 is 0 Å². The zero-order valence-corrected chi connectivity index (χ0v) is 18.4. The molecule has 1 aliphatic rings. The Bertz CT molecular complexity index is 1140. The largest absolute Gasteiger partial charge is 0.335 e. The number of nitrogens with zero attached hydrogens (tertiary/aromatic N) is 5. The molecule has 7 nitrogen and oxygen atoms in total. The third-order valence-corrected chi connectivity index (χ3v) is 5.80. The van der Waals surface area contributed by atoms with Crippen LogP contribution < -0.4 is 5.56 Å². The second-order valence-electron chi connectivity index (χ2n) is 9.04. The van der Waals surface area contributed by atoms with Crippen molar-refractivity contribution in [3.63, 3.8) is 0 Å². The van der Waals surface area contributed by atoms with Crippen molar-refractivity contribution in [1.82, 2.24) is 24.6 Å². The van der Waals surface area contributed by atoms with Crippen LogP contribution in [-0.4, -0.2) is 63.2 Å². The first-order valence-electron chi connectivity index (χ1n) is 10.8. The lowest BCUT2D eigenvalue weighted by molar-refractivity contribution is 0.0628. The van der Waals surface area contributed by atoms with Gasteiger partial charge in [-0.15, -0.1) is 0 Å². The number of pyridine rings is 1. The number of benzene rings is 1. The molecular formula is C24H29N5O2. The van der Waals surface area contributed by atoms with Crippen LogP contribution in [0.2, 0.25) is 0 Å². The highest BCUT2D eigenvalue weighted by Crippen LogP contribution is 2.19. The van der Waals surface area contributed by atoms with Crippen molar-refractivity contribution in [2.45, 2.75) is 32.7 Å². The van der Waals surface area contributed by atoms with Gasteiger partial charge in [0.2, 0.25) is 0 Å². The normalized spacial score (nSPS) is 15.4. The molecule has 1 aromatic carbocycles. The topological polar surface area (TPSA) is 71.3 Å². The predicted octanol–water partition coefficient (Wildman–Crippen LogP) is 2.55. The number of rotatable bonds is 4. The highest BCUT2D eigenvalue weighted by atomic mass is 16.2. The molecule has 0 spiro atoms. The third-order valence-electron chi connectivity index (χ3n) is 5.80. The summed E-state index contributed by atoms with van der Waals surface area (Å²) < 4.78 is 1.55. The second-order valence-corrected chi connectivity index (χ2v) is 9.04. The SMILES string of the molecule is CC(C)(C)c1ccc(=O)n(CCN2CCN(C(=O)c3nccc4ccccc34)CC2)n1. The lowest BCUT2D eigenvalue weighted by atomic mass is 9.92. The van der Waals surface area contributed by atoms with Gasteiger partial charge in [-0.1, -0.05) is 45.0 Å². The Morgan fingerprint density at radius 2 is 1.71 bits per heavy atom. The van der Waals surface area contributed by atoms with Crippen LogP contribution in [0.4, 0.5) is 0 Å². The maximum absolute atomic E-state index is 13.1. The molecule has 31 heavy (non-hydrogen) atoms. The van der Waals surface area contributed by atoms with Gasteiger partial charge >= 0.3 is 0 Å². The van der Waals surface area contributed by atoms with Crippen LogP contribution in [0, 0.1) is 0 Å². The van der Waals surface area contributed by atoms with Crippen LogP contribution in [0.15, 0.2) is 53.5 Å². The molecule has 0 atom stereocenters. The molecule has 1 aliphatic heterocycles. The van der Waals surface area contributed by atoms with Crippen molar-refractivity contribution in [2.75, 3.05) is 32.7 Å². The van der Waals surface area contributed by atoms with Gasteiger partial charge < -0.3 is 4.90 Å². The average Bonchev–Trinajstić information content (AvgIpc) is 2.77. The molecule has 162 valence electrons. The summed E-state index contributed by atoms with van der Waals surface area (Å²) in [5.41, 5.74) is 1.24. The summed E-state index contributed by atoms with van der Waals surface area (Å²) in [6, 6.07) is 13.2. The summed E-state index contributed by atoms with van der Waals surface area (Å²) in [7, 11) is 0. The van der Waals surface area contributed by atoms with E-state index < -0.39 is 0 Å². The molecular weight excluding hydrogens is 390 g/mol. The third kappa shape index (κ3) is 4.66. The maximum Gasteiger partial charge on any atom is 0.273 e. The molecule has 3 aromatic rings. The smallest absolute Gasteiger partial charge is 0.273 e. The molecule has 0 saturated carbocycles. The summed E-state index contributed by atoms with van der Waals surface area (Å²) in [6.07, 6.45) is 1.70. The van der Waals surface area contributed by atoms with Crippen LogP contribution in [0.3, 0.4) is 0 Å². The fourth-order valence-corrected chi connectivity index (χ4v) is 3.86. The number of amides is 1. The predicted molar refractivity (Wildman–Crippen MR) is 121 cm³/mol. The maximum atomic E-state index is 13.1. The number of aromatic nitrogens is 3. The van der Waals surface area contributed by atoms with E-state index in [2.05, 4.69) is 35.8 Å². The highest BCUT2D eigenvalue weighted by molar-refractivity contribution is 6.05. The Hall–Kier alpha value is -3.06. The van der Waals surface area contributed by atoms with E-state index in [9.17, 15) is 9.59 Å². The van der Waals surface area contributed by atoms with E-state index >= 15 is 0 Å². The molecule has 0 unspecified atom stereocenters. The van der Waals surface area contributed by atoms with Gasteiger partial charge in [0.15, 0.2) is 0 Å². The summed E-state index contributed by atoms with van der Waals surface area (Å²) in [6.45, 7) is 10.4. The number of carbonyl (C=O) groups excluding carboxylic acids is 1. The summed E-state index contributed by atoms with van der Waals surface area (Å²) in [5.74, 6) is -0.0211.